The topological polar surface area (TPSA) is 32.3 Å². The summed E-state index contributed by atoms with van der Waals surface area (Å²) >= 11 is 4.09. The largest absolute Gasteiger partial charge is 0.355 e. The van der Waals surface area contributed by atoms with Gasteiger partial charge in [0.1, 0.15) is 0 Å². The highest BCUT2D eigenvalue weighted by Gasteiger charge is 2.18. The van der Waals surface area contributed by atoms with Crippen LogP contribution in [0.15, 0.2) is 0 Å². The van der Waals surface area contributed by atoms with E-state index in [1.165, 1.54) is 19.4 Å². The Morgan fingerprint density at radius 2 is 2.43 bits per heavy atom. The predicted molar refractivity (Wildman–Crippen MR) is 61.7 cm³/mol. The average molecular weight is 216 g/mol. The quantitative estimate of drug-likeness (QED) is 0.683. The van der Waals surface area contributed by atoms with E-state index >= 15 is 0 Å². The van der Waals surface area contributed by atoms with Gasteiger partial charge < -0.3 is 10.2 Å². The van der Waals surface area contributed by atoms with E-state index in [0.717, 1.165) is 13.1 Å². The van der Waals surface area contributed by atoms with Crippen molar-refractivity contribution in [3.63, 3.8) is 0 Å². The van der Waals surface area contributed by atoms with E-state index in [2.05, 4.69) is 29.9 Å². The van der Waals surface area contributed by atoms with Gasteiger partial charge in [0.05, 0.1) is 5.25 Å². The lowest BCUT2D eigenvalue weighted by atomic mass is 9.98. The van der Waals surface area contributed by atoms with Crippen LogP contribution in [0.4, 0.5) is 0 Å². The Labute approximate surface area is 91.6 Å². The van der Waals surface area contributed by atoms with Gasteiger partial charge in [-0.05, 0) is 39.3 Å². The fourth-order valence-electron chi connectivity index (χ4n) is 1.83. The summed E-state index contributed by atoms with van der Waals surface area (Å²) in [6.07, 6.45) is 2.47. The molecule has 1 N–H and O–H groups in total. The van der Waals surface area contributed by atoms with Crippen molar-refractivity contribution in [3.8, 4) is 0 Å². The smallest absolute Gasteiger partial charge is 0.232 e. The Balaban J connectivity index is 2.20. The molecule has 0 aromatic heterocycles. The van der Waals surface area contributed by atoms with Crippen molar-refractivity contribution in [1.29, 1.82) is 0 Å². The third-order valence-electron chi connectivity index (χ3n) is 2.67. The van der Waals surface area contributed by atoms with Crippen LogP contribution in [0.5, 0.6) is 0 Å². The first-order valence-electron chi connectivity index (χ1n) is 5.24. The zero-order chi connectivity index (χ0) is 10.6. The molecule has 1 rings (SSSR count). The molecule has 3 nitrogen and oxygen atoms in total. The Hall–Kier alpha value is -0.220. The molecule has 0 aliphatic carbocycles. The van der Waals surface area contributed by atoms with Crippen molar-refractivity contribution in [2.75, 3.05) is 26.7 Å². The van der Waals surface area contributed by atoms with Gasteiger partial charge in [-0.2, -0.15) is 12.6 Å². The number of likely N-dealkylation sites (tertiary alicyclic amines) is 1. The van der Waals surface area contributed by atoms with Crippen LogP contribution in [0.1, 0.15) is 19.8 Å². The monoisotopic (exact) mass is 216 g/mol. The minimum Gasteiger partial charge on any atom is -0.355 e. The van der Waals surface area contributed by atoms with E-state index in [1.54, 1.807) is 6.92 Å². The normalized spacial score (nSPS) is 25.8. The van der Waals surface area contributed by atoms with E-state index in [-0.39, 0.29) is 11.2 Å². The maximum atomic E-state index is 11.3. The maximum Gasteiger partial charge on any atom is 0.232 e. The molecule has 4 heteroatoms. The van der Waals surface area contributed by atoms with Crippen molar-refractivity contribution in [1.82, 2.24) is 10.2 Å². The minimum atomic E-state index is -0.198. The number of rotatable bonds is 3. The van der Waals surface area contributed by atoms with Crippen LogP contribution in [0.25, 0.3) is 0 Å². The number of carbonyl (C=O) groups is 1. The van der Waals surface area contributed by atoms with E-state index in [9.17, 15) is 4.79 Å². The Morgan fingerprint density at radius 3 is 3.00 bits per heavy atom. The van der Waals surface area contributed by atoms with Gasteiger partial charge in [-0.15, -0.1) is 0 Å². The van der Waals surface area contributed by atoms with Crippen LogP contribution in [-0.4, -0.2) is 42.7 Å². The van der Waals surface area contributed by atoms with Crippen LogP contribution in [0, 0.1) is 5.92 Å². The Bertz CT molecular complexity index is 197. The summed E-state index contributed by atoms with van der Waals surface area (Å²) in [6.45, 7) is 4.88. The maximum absolute atomic E-state index is 11.3. The highest BCUT2D eigenvalue weighted by molar-refractivity contribution is 7.81. The van der Waals surface area contributed by atoms with Crippen LogP contribution < -0.4 is 5.32 Å². The molecule has 1 aliphatic heterocycles. The van der Waals surface area contributed by atoms with E-state index in [4.69, 9.17) is 0 Å². The lowest BCUT2D eigenvalue weighted by Crippen LogP contribution is -2.40. The first kappa shape index (κ1) is 11.9. The molecule has 1 heterocycles. The van der Waals surface area contributed by atoms with Crippen LogP contribution in [0.2, 0.25) is 0 Å². The van der Waals surface area contributed by atoms with Gasteiger partial charge in [-0.1, -0.05) is 0 Å². The number of hydrogen-bond acceptors (Lipinski definition) is 3. The second-order valence-corrected chi connectivity index (χ2v) is 4.97. The molecule has 1 amide bonds. The van der Waals surface area contributed by atoms with Crippen molar-refractivity contribution in [3.05, 3.63) is 0 Å². The number of nitrogens with zero attached hydrogens (tertiary/aromatic N) is 1. The zero-order valence-corrected chi connectivity index (χ0v) is 9.89. The molecule has 0 aromatic rings. The molecule has 2 unspecified atom stereocenters. The number of carbonyl (C=O) groups excluding carboxylic acids is 1. The van der Waals surface area contributed by atoms with Gasteiger partial charge in [0.15, 0.2) is 0 Å². The van der Waals surface area contributed by atoms with E-state index in [0.29, 0.717) is 5.92 Å². The van der Waals surface area contributed by atoms with Crippen molar-refractivity contribution < 1.29 is 4.79 Å². The van der Waals surface area contributed by atoms with Gasteiger partial charge in [0.25, 0.3) is 0 Å². The fourth-order valence-corrected chi connectivity index (χ4v) is 1.92. The number of nitrogens with one attached hydrogen (secondary N) is 1. The number of amides is 1. The summed E-state index contributed by atoms with van der Waals surface area (Å²) in [5, 5.41) is 2.73. The number of piperidine rings is 1. The second-order valence-electron chi connectivity index (χ2n) is 4.19. The van der Waals surface area contributed by atoms with Crippen molar-refractivity contribution in [2.45, 2.75) is 25.0 Å². The summed E-state index contributed by atoms with van der Waals surface area (Å²) in [5.74, 6) is 0.659. The van der Waals surface area contributed by atoms with Crippen LogP contribution in [-0.2, 0) is 4.79 Å². The molecule has 0 aromatic carbocycles. The summed E-state index contributed by atoms with van der Waals surface area (Å²) in [4.78, 5) is 13.6. The molecular formula is C10H20N2OS. The molecule has 0 radical (unpaired) electrons. The van der Waals surface area contributed by atoms with Gasteiger partial charge in [0.2, 0.25) is 5.91 Å². The molecule has 0 spiro atoms. The summed E-state index contributed by atoms with van der Waals surface area (Å²) < 4.78 is 0. The second kappa shape index (κ2) is 5.61. The third kappa shape index (κ3) is 3.88. The minimum absolute atomic E-state index is 0.0431. The van der Waals surface area contributed by atoms with Gasteiger partial charge in [-0.3, -0.25) is 4.79 Å². The summed E-state index contributed by atoms with van der Waals surface area (Å²) in [7, 11) is 2.13. The molecule has 2 atom stereocenters. The number of hydrogen-bond donors (Lipinski definition) is 2. The molecule has 0 saturated carbocycles. The fraction of sp³-hybridized carbons (Fsp3) is 0.900. The molecule has 0 bridgehead atoms. The highest BCUT2D eigenvalue weighted by Crippen LogP contribution is 2.13. The van der Waals surface area contributed by atoms with Crippen molar-refractivity contribution >= 4 is 18.5 Å². The van der Waals surface area contributed by atoms with E-state index < -0.39 is 0 Å². The molecule has 82 valence electrons. The van der Waals surface area contributed by atoms with Crippen molar-refractivity contribution in [2.24, 2.45) is 5.92 Å². The Kier molecular flexibility index (Phi) is 4.75. The third-order valence-corrected chi connectivity index (χ3v) is 2.90. The lowest BCUT2D eigenvalue weighted by molar-refractivity contribution is -0.120. The summed E-state index contributed by atoms with van der Waals surface area (Å²) in [5.41, 5.74) is 0. The first-order valence-corrected chi connectivity index (χ1v) is 5.75. The average Bonchev–Trinajstić information content (AvgIpc) is 2.14. The summed E-state index contributed by atoms with van der Waals surface area (Å²) in [6, 6.07) is 0. The first-order chi connectivity index (χ1) is 6.59. The molecule has 1 saturated heterocycles. The number of thiol groups is 1. The molecule has 1 fully saturated rings. The SMILES string of the molecule is CC(S)C(=O)NCC1CCCN(C)C1. The zero-order valence-electron chi connectivity index (χ0n) is 8.99. The molecule has 1 aliphatic rings. The van der Waals surface area contributed by atoms with Gasteiger partial charge in [-0.25, -0.2) is 0 Å². The molecule has 14 heavy (non-hydrogen) atoms. The van der Waals surface area contributed by atoms with Crippen LogP contribution >= 0.6 is 12.6 Å². The lowest BCUT2D eigenvalue weighted by Gasteiger charge is -2.29. The van der Waals surface area contributed by atoms with Crippen LogP contribution in [0.3, 0.4) is 0 Å². The van der Waals surface area contributed by atoms with Gasteiger partial charge in [0, 0.05) is 13.1 Å². The van der Waals surface area contributed by atoms with Gasteiger partial charge >= 0.3 is 0 Å². The highest BCUT2D eigenvalue weighted by atomic mass is 32.1. The predicted octanol–water partition coefficient (Wildman–Crippen LogP) is 0.763. The molecular weight excluding hydrogens is 196 g/mol. The standard InChI is InChI=1S/C10H20N2OS/c1-8(14)10(13)11-6-9-4-3-5-12(2)7-9/h8-9,14H,3-7H2,1-2H3,(H,11,13). The Morgan fingerprint density at radius 1 is 1.71 bits per heavy atom. The van der Waals surface area contributed by atoms with E-state index in [1.807, 2.05) is 0 Å².